The Bertz CT molecular complexity index is 250. The molecule has 4 nitrogen and oxygen atoms in total. The molecule has 5 heteroatoms. The van der Waals surface area contributed by atoms with Crippen molar-refractivity contribution in [1.82, 2.24) is 0 Å². The highest BCUT2D eigenvalue weighted by Gasteiger charge is 1.96. The second kappa shape index (κ2) is 2.57. The van der Waals surface area contributed by atoms with E-state index in [4.69, 9.17) is 5.53 Å². The molecular formula is C4H2BrN3O. The third-order valence-corrected chi connectivity index (χ3v) is 1.34. The summed E-state index contributed by atoms with van der Waals surface area (Å²) in [4.78, 5) is 2.57. The lowest BCUT2D eigenvalue weighted by Gasteiger charge is -1.76. The van der Waals surface area contributed by atoms with Gasteiger partial charge in [0.2, 0.25) is 0 Å². The van der Waals surface area contributed by atoms with Gasteiger partial charge >= 0.3 is 0 Å². The van der Waals surface area contributed by atoms with Crippen LogP contribution in [0.15, 0.2) is 26.5 Å². The largest absolute Gasteiger partial charge is 0.471 e. The van der Waals surface area contributed by atoms with Crippen LogP contribution >= 0.6 is 15.9 Å². The van der Waals surface area contributed by atoms with E-state index in [0.717, 1.165) is 0 Å². The molecule has 0 radical (unpaired) electrons. The van der Waals surface area contributed by atoms with E-state index in [2.05, 4.69) is 30.4 Å². The fraction of sp³-hybridized carbons (Fsp3) is 0. The van der Waals surface area contributed by atoms with E-state index in [1.165, 1.54) is 12.5 Å². The molecule has 0 N–H and O–H groups in total. The first-order valence-corrected chi connectivity index (χ1v) is 2.90. The Morgan fingerprint density at radius 1 is 1.67 bits per heavy atom. The number of furan rings is 1. The van der Waals surface area contributed by atoms with Crippen molar-refractivity contribution in [2.45, 2.75) is 0 Å². The van der Waals surface area contributed by atoms with Gasteiger partial charge in [0.1, 0.15) is 12.5 Å². The maximum absolute atomic E-state index is 7.96. The highest BCUT2D eigenvalue weighted by Crippen LogP contribution is 2.25. The molecule has 0 aliphatic carbocycles. The Morgan fingerprint density at radius 3 is 2.89 bits per heavy atom. The molecule has 0 aromatic carbocycles. The molecule has 0 bridgehead atoms. The third-order valence-electron chi connectivity index (χ3n) is 0.748. The minimum Gasteiger partial charge on any atom is -0.471 e. The van der Waals surface area contributed by atoms with E-state index in [-0.39, 0.29) is 0 Å². The predicted molar refractivity (Wildman–Crippen MR) is 35.2 cm³/mol. The monoisotopic (exact) mass is 187 g/mol. The molecule has 0 aliphatic heterocycles. The summed E-state index contributed by atoms with van der Waals surface area (Å²) in [5.41, 5.74) is 8.43. The van der Waals surface area contributed by atoms with Gasteiger partial charge in [0.25, 0.3) is 0 Å². The molecule has 0 unspecified atom stereocenters. The summed E-state index contributed by atoms with van der Waals surface area (Å²) >= 11 is 3.11. The topological polar surface area (TPSA) is 61.9 Å². The van der Waals surface area contributed by atoms with Gasteiger partial charge in [-0.25, -0.2) is 0 Å². The van der Waals surface area contributed by atoms with Crippen molar-refractivity contribution in [1.29, 1.82) is 0 Å². The highest BCUT2D eigenvalue weighted by atomic mass is 79.9. The van der Waals surface area contributed by atoms with Crippen LogP contribution in [0.2, 0.25) is 0 Å². The smallest absolute Gasteiger partial charge is 0.105 e. The van der Waals surface area contributed by atoms with Crippen LogP contribution in [0.4, 0.5) is 5.69 Å². The van der Waals surface area contributed by atoms with E-state index >= 15 is 0 Å². The third kappa shape index (κ3) is 1.25. The second-order valence-electron chi connectivity index (χ2n) is 1.29. The maximum atomic E-state index is 7.96. The fourth-order valence-electron chi connectivity index (χ4n) is 0.394. The van der Waals surface area contributed by atoms with Crippen LogP contribution in [0.1, 0.15) is 0 Å². The van der Waals surface area contributed by atoms with E-state index in [1.807, 2.05) is 0 Å². The van der Waals surface area contributed by atoms with Crippen LogP contribution in [0, 0.1) is 0 Å². The molecule has 0 saturated carbocycles. The van der Waals surface area contributed by atoms with E-state index < -0.39 is 0 Å². The van der Waals surface area contributed by atoms with Crippen molar-refractivity contribution in [3.05, 3.63) is 27.4 Å². The van der Waals surface area contributed by atoms with Gasteiger partial charge in [0, 0.05) is 4.91 Å². The van der Waals surface area contributed by atoms with Gasteiger partial charge in [-0.1, -0.05) is 5.11 Å². The quantitative estimate of drug-likeness (QED) is 0.379. The molecule has 46 valence electrons. The van der Waals surface area contributed by atoms with E-state index in [0.29, 0.717) is 10.2 Å². The number of azide groups is 1. The van der Waals surface area contributed by atoms with Crippen molar-refractivity contribution in [3.63, 3.8) is 0 Å². The maximum Gasteiger partial charge on any atom is 0.105 e. The van der Waals surface area contributed by atoms with Crippen LogP contribution in [0.25, 0.3) is 10.4 Å². The van der Waals surface area contributed by atoms with Gasteiger partial charge in [-0.05, 0) is 21.5 Å². The van der Waals surface area contributed by atoms with Crippen LogP contribution in [0.3, 0.4) is 0 Å². The molecule has 1 aromatic heterocycles. The average Bonchev–Trinajstić information content (AvgIpc) is 2.18. The van der Waals surface area contributed by atoms with Gasteiger partial charge in [0.05, 0.1) is 10.2 Å². The molecule has 0 saturated heterocycles. The molecule has 1 heterocycles. The number of nitrogens with zero attached hydrogens (tertiary/aromatic N) is 3. The first kappa shape index (κ1) is 6.19. The summed E-state index contributed by atoms with van der Waals surface area (Å²) in [5, 5.41) is 3.31. The molecular weight excluding hydrogens is 186 g/mol. The molecule has 0 amide bonds. The number of rotatable bonds is 1. The van der Waals surface area contributed by atoms with Gasteiger partial charge in [-0.3, -0.25) is 0 Å². The van der Waals surface area contributed by atoms with E-state index in [9.17, 15) is 0 Å². The molecule has 1 rings (SSSR count). The Morgan fingerprint density at radius 2 is 2.44 bits per heavy atom. The highest BCUT2D eigenvalue weighted by molar-refractivity contribution is 9.10. The van der Waals surface area contributed by atoms with Crippen LogP contribution < -0.4 is 0 Å². The summed E-state index contributed by atoms with van der Waals surface area (Å²) in [6.07, 6.45) is 2.81. The Hall–Kier alpha value is -0.930. The minimum atomic E-state index is 0.470. The molecule has 0 fully saturated rings. The van der Waals surface area contributed by atoms with Crippen LogP contribution in [0.5, 0.6) is 0 Å². The molecule has 9 heavy (non-hydrogen) atoms. The molecule has 1 aromatic rings. The van der Waals surface area contributed by atoms with E-state index in [1.54, 1.807) is 0 Å². The zero-order chi connectivity index (χ0) is 6.69. The first-order valence-electron chi connectivity index (χ1n) is 2.11. The predicted octanol–water partition coefficient (Wildman–Crippen LogP) is 2.98. The number of hydrogen-bond acceptors (Lipinski definition) is 2. The van der Waals surface area contributed by atoms with Crippen molar-refractivity contribution in [2.24, 2.45) is 5.11 Å². The Balaban J connectivity index is 3.07. The number of halogens is 1. The summed E-state index contributed by atoms with van der Waals surface area (Å²) in [6, 6.07) is 0. The van der Waals surface area contributed by atoms with Crippen molar-refractivity contribution >= 4 is 21.6 Å². The lowest BCUT2D eigenvalue weighted by Crippen LogP contribution is -1.48. The first-order chi connectivity index (χ1) is 4.34. The molecule has 0 atom stereocenters. The zero-order valence-corrected chi connectivity index (χ0v) is 5.87. The van der Waals surface area contributed by atoms with Crippen molar-refractivity contribution in [3.8, 4) is 0 Å². The van der Waals surface area contributed by atoms with Gasteiger partial charge in [-0.2, -0.15) is 0 Å². The summed E-state index contributed by atoms with van der Waals surface area (Å²) < 4.78 is 5.35. The molecule has 0 spiro atoms. The van der Waals surface area contributed by atoms with Gasteiger partial charge in [0.15, 0.2) is 0 Å². The number of hydrogen-bond donors (Lipinski definition) is 0. The summed E-state index contributed by atoms with van der Waals surface area (Å²) in [6.45, 7) is 0. The average molecular weight is 188 g/mol. The zero-order valence-electron chi connectivity index (χ0n) is 4.28. The van der Waals surface area contributed by atoms with Crippen molar-refractivity contribution in [2.75, 3.05) is 0 Å². The van der Waals surface area contributed by atoms with Gasteiger partial charge in [-0.15, -0.1) is 0 Å². The summed E-state index contributed by atoms with van der Waals surface area (Å²) in [7, 11) is 0. The minimum absolute atomic E-state index is 0.470. The lowest BCUT2D eigenvalue weighted by molar-refractivity contribution is 0.566. The van der Waals surface area contributed by atoms with Crippen molar-refractivity contribution < 1.29 is 4.42 Å². The van der Waals surface area contributed by atoms with Crippen LogP contribution in [-0.4, -0.2) is 0 Å². The van der Waals surface area contributed by atoms with Crippen LogP contribution in [-0.2, 0) is 0 Å². The fourth-order valence-corrected chi connectivity index (χ4v) is 0.675. The standard InChI is InChI=1S/C4H2BrN3O/c5-3-1-9-2-4(3)7-8-6/h1-2H. The van der Waals surface area contributed by atoms with Gasteiger partial charge < -0.3 is 4.42 Å². The normalized spacial score (nSPS) is 8.56. The second-order valence-corrected chi connectivity index (χ2v) is 2.15. The lowest BCUT2D eigenvalue weighted by atomic mass is 10.6. The summed E-state index contributed by atoms with van der Waals surface area (Å²) in [5.74, 6) is 0. The molecule has 0 aliphatic rings. The SMILES string of the molecule is [N-]=[N+]=Nc1cocc1Br. The Kier molecular flexibility index (Phi) is 1.77. The Labute approximate surface area is 59.2 Å².